The molecule has 0 aromatic carbocycles. The van der Waals surface area contributed by atoms with E-state index >= 15 is 0 Å². The van der Waals surface area contributed by atoms with E-state index in [9.17, 15) is 4.79 Å². The van der Waals surface area contributed by atoms with Gasteiger partial charge in [0.1, 0.15) is 11.8 Å². The molecular formula is C8H13N3O2. The normalized spacial score (nSPS) is 11.4. The number of nitrogens with two attached hydrogens (primary N) is 1. The molecule has 0 saturated carbocycles. The lowest BCUT2D eigenvalue weighted by Crippen LogP contribution is -2.31. The maximum Gasteiger partial charge on any atom is 0.316 e. The Kier molecular flexibility index (Phi) is 5.28. The predicted octanol–water partition coefficient (Wildman–Crippen LogP) is 0.405. The highest BCUT2D eigenvalue weighted by Crippen LogP contribution is 2.07. The van der Waals surface area contributed by atoms with Crippen LogP contribution in [0.4, 0.5) is 0 Å². The minimum atomic E-state index is -0.764. The van der Waals surface area contributed by atoms with E-state index in [0.29, 0.717) is 0 Å². The number of amidine groups is 1. The van der Waals surface area contributed by atoms with Crippen molar-refractivity contribution in [3.8, 4) is 6.07 Å². The molecule has 0 aromatic heterocycles. The molecule has 5 nitrogen and oxygen atoms in total. The Hall–Kier alpha value is -1.57. The van der Waals surface area contributed by atoms with Gasteiger partial charge in [0.25, 0.3) is 0 Å². The van der Waals surface area contributed by atoms with E-state index in [1.54, 1.807) is 6.92 Å². The highest BCUT2D eigenvalue weighted by atomic mass is 16.5. The molecule has 0 aromatic rings. The Morgan fingerprint density at radius 3 is 2.77 bits per heavy atom. The second kappa shape index (κ2) is 6.00. The molecule has 0 amide bonds. The lowest BCUT2D eigenvalue weighted by Gasteiger charge is -2.11. The Balaban J connectivity index is 4.17. The van der Waals surface area contributed by atoms with Gasteiger partial charge in [-0.1, -0.05) is 0 Å². The molecular weight excluding hydrogens is 170 g/mol. The van der Waals surface area contributed by atoms with Crippen LogP contribution >= 0.6 is 0 Å². The summed E-state index contributed by atoms with van der Waals surface area (Å²) in [4.78, 5) is 11.1. The number of nitrogens with zero attached hydrogens (tertiary/aromatic N) is 1. The molecule has 13 heavy (non-hydrogen) atoms. The molecule has 1 atom stereocenters. The fourth-order valence-electron chi connectivity index (χ4n) is 0.852. The maximum atomic E-state index is 11.1. The number of ether oxygens (including phenoxy) is 1. The van der Waals surface area contributed by atoms with Gasteiger partial charge < -0.3 is 10.5 Å². The molecule has 0 aliphatic carbocycles. The van der Waals surface area contributed by atoms with Gasteiger partial charge >= 0.3 is 5.97 Å². The molecule has 5 heteroatoms. The molecule has 1 unspecified atom stereocenters. The standard InChI is InChI=1S/C8H13N3O2/c1-2-13-8(12)6(7(10)11)4-3-5-9/h6H,2-4H2,1H3,(H3,10,11). The fourth-order valence-corrected chi connectivity index (χ4v) is 0.852. The van der Waals surface area contributed by atoms with Crippen LogP contribution in [0.1, 0.15) is 19.8 Å². The average molecular weight is 183 g/mol. The summed E-state index contributed by atoms with van der Waals surface area (Å²) in [7, 11) is 0. The van der Waals surface area contributed by atoms with Crippen molar-refractivity contribution in [2.75, 3.05) is 6.61 Å². The SMILES string of the molecule is CCOC(=O)C(CCC#N)C(=N)N. The van der Waals surface area contributed by atoms with E-state index in [4.69, 9.17) is 21.1 Å². The number of esters is 1. The van der Waals surface area contributed by atoms with E-state index in [0.717, 1.165) is 0 Å². The quantitative estimate of drug-likeness (QED) is 0.366. The monoisotopic (exact) mass is 183 g/mol. The third-order valence-corrected chi connectivity index (χ3v) is 1.49. The van der Waals surface area contributed by atoms with E-state index in [1.807, 2.05) is 6.07 Å². The first-order valence-corrected chi connectivity index (χ1v) is 4.01. The van der Waals surface area contributed by atoms with Crippen LogP contribution in [0.2, 0.25) is 0 Å². The van der Waals surface area contributed by atoms with Crippen LogP contribution < -0.4 is 5.73 Å². The molecule has 0 saturated heterocycles. The third kappa shape index (κ3) is 4.11. The highest BCUT2D eigenvalue weighted by Gasteiger charge is 2.22. The molecule has 0 aliphatic rings. The Labute approximate surface area is 77.0 Å². The van der Waals surface area contributed by atoms with Crippen molar-refractivity contribution in [3.63, 3.8) is 0 Å². The number of hydrogen-bond acceptors (Lipinski definition) is 4. The van der Waals surface area contributed by atoms with Crippen molar-refractivity contribution in [3.05, 3.63) is 0 Å². The number of nitriles is 1. The van der Waals surface area contributed by atoms with Crippen LogP contribution in [-0.4, -0.2) is 18.4 Å². The summed E-state index contributed by atoms with van der Waals surface area (Å²) in [5.41, 5.74) is 5.18. The van der Waals surface area contributed by atoms with Gasteiger partial charge in [-0.25, -0.2) is 0 Å². The summed E-state index contributed by atoms with van der Waals surface area (Å²) < 4.78 is 4.69. The van der Waals surface area contributed by atoms with E-state index < -0.39 is 11.9 Å². The molecule has 0 spiro atoms. The summed E-state index contributed by atoms with van der Waals surface area (Å²) >= 11 is 0. The third-order valence-electron chi connectivity index (χ3n) is 1.49. The van der Waals surface area contributed by atoms with Crippen LogP contribution in [0.25, 0.3) is 0 Å². The van der Waals surface area contributed by atoms with Gasteiger partial charge in [-0.05, 0) is 13.3 Å². The Morgan fingerprint density at radius 2 is 2.38 bits per heavy atom. The van der Waals surface area contributed by atoms with Crippen molar-refractivity contribution in [2.24, 2.45) is 11.7 Å². The molecule has 0 rings (SSSR count). The predicted molar refractivity (Wildman–Crippen MR) is 46.9 cm³/mol. The Morgan fingerprint density at radius 1 is 1.77 bits per heavy atom. The average Bonchev–Trinajstić information content (AvgIpc) is 2.05. The summed E-state index contributed by atoms with van der Waals surface area (Å²) in [5.74, 6) is -1.53. The van der Waals surface area contributed by atoms with Gasteiger partial charge in [-0.2, -0.15) is 5.26 Å². The van der Waals surface area contributed by atoms with Gasteiger partial charge in [-0.3, -0.25) is 10.2 Å². The van der Waals surface area contributed by atoms with Gasteiger partial charge in [0.15, 0.2) is 0 Å². The molecule has 72 valence electrons. The number of hydrogen-bond donors (Lipinski definition) is 2. The minimum Gasteiger partial charge on any atom is -0.465 e. The minimum absolute atomic E-state index is 0.197. The summed E-state index contributed by atoms with van der Waals surface area (Å²) in [6, 6.07) is 1.89. The van der Waals surface area contributed by atoms with Crippen LogP contribution in [0.3, 0.4) is 0 Å². The molecule has 0 radical (unpaired) electrons. The molecule has 0 aliphatic heterocycles. The second-order valence-electron chi connectivity index (χ2n) is 2.46. The number of carbonyl (C=O) groups is 1. The summed E-state index contributed by atoms with van der Waals surface area (Å²) in [6.45, 7) is 1.94. The van der Waals surface area contributed by atoms with Gasteiger partial charge in [0.05, 0.1) is 12.7 Å². The van der Waals surface area contributed by atoms with Crippen molar-refractivity contribution >= 4 is 11.8 Å². The van der Waals surface area contributed by atoms with Crippen LogP contribution in [0.15, 0.2) is 0 Å². The number of carbonyl (C=O) groups excluding carboxylic acids is 1. The largest absolute Gasteiger partial charge is 0.465 e. The summed E-state index contributed by atoms with van der Waals surface area (Å²) in [5, 5.41) is 15.4. The zero-order valence-electron chi connectivity index (χ0n) is 7.54. The molecule has 3 N–H and O–H groups in total. The molecule has 0 bridgehead atoms. The highest BCUT2D eigenvalue weighted by molar-refractivity contribution is 5.98. The van der Waals surface area contributed by atoms with Crippen LogP contribution in [0, 0.1) is 22.7 Å². The fraction of sp³-hybridized carbons (Fsp3) is 0.625. The first kappa shape index (κ1) is 11.4. The first-order chi connectivity index (χ1) is 6.13. The van der Waals surface area contributed by atoms with Crippen molar-refractivity contribution < 1.29 is 9.53 Å². The second-order valence-corrected chi connectivity index (χ2v) is 2.46. The lowest BCUT2D eigenvalue weighted by atomic mass is 10.0. The van der Waals surface area contributed by atoms with Crippen LogP contribution in [0.5, 0.6) is 0 Å². The smallest absolute Gasteiger partial charge is 0.316 e. The Bertz CT molecular complexity index is 232. The van der Waals surface area contributed by atoms with Crippen molar-refractivity contribution in [1.29, 1.82) is 10.7 Å². The van der Waals surface area contributed by atoms with E-state index in [-0.39, 0.29) is 25.3 Å². The molecule has 0 heterocycles. The van der Waals surface area contributed by atoms with Crippen LogP contribution in [-0.2, 0) is 9.53 Å². The van der Waals surface area contributed by atoms with Gasteiger partial charge in [0.2, 0.25) is 0 Å². The van der Waals surface area contributed by atoms with E-state index in [2.05, 4.69) is 0 Å². The van der Waals surface area contributed by atoms with E-state index in [1.165, 1.54) is 0 Å². The first-order valence-electron chi connectivity index (χ1n) is 4.01. The zero-order valence-corrected chi connectivity index (χ0v) is 7.54. The van der Waals surface area contributed by atoms with Crippen molar-refractivity contribution in [2.45, 2.75) is 19.8 Å². The van der Waals surface area contributed by atoms with Gasteiger partial charge in [-0.15, -0.1) is 0 Å². The lowest BCUT2D eigenvalue weighted by molar-refractivity contribution is -0.145. The number of nitrogens with one attached hydrogen (secondary N) is 1. The molecule has 0 fully saturated rings. The maximum absolute atomic E-state index is 11.1. The summed E-state index contributed by atoms with van der Waals surface area (Å²) in [6.07, 6.45) is 0.452. The van der Waals surface area contributed by atoms with Crippen molar-refractivity contribution in [1.82, 2.24) is 0 Å². The van der Waals surface area contributed by atoms with Gasteiger partial charge in [0, 0.05) is 6.42 Å². The zero-order chi connectivity index (χ0) is 10.3. The topological polar surface area (TPSA) is 100.0 Å². The number of rotatable bonds is 5.